The van der Waals surface area contributed by atoms with Crippen LogP contribution in [0.1, 0.15) is 41.6 Å². The number of hydrogen-bond acceptors (Lipinski definition) is 4. The van der Waals surface area contributed by atoms with Gasteiger partial charge in [0, 0.05) is 11.5 Å². The standard InChI is InChI=1S/C16H17NO3S/c17-8-7-11-1-3-12(4-2-11)16(18)13-9-14-5-6-15(10-13)21(14,19)20/h1-4,13-15H,5-7,9-10H2. The maximum atomic E-state index is 12.5. The van der Waals surface area contributed by atoms with Crippen LogP contribution in [0.4, 0.5) is 0 Å². The molecule has 3 rings (SSSR count). The molecule has 2 heterocycles. The molecule has 0 spiro atoms. The quantitative estimate of drug-likeness (QED) is 0.803. The first-order valence-corrected chi connectivity index (χ1v) is 8.86. The minimum Gasteiger partial charge on any atom is -0.294 e. The molecular weight excluding hydrogens is 286 g/mol. The van der Waals surface area contributed by atoms with Crippen molar-refractivity contribution in [1.29, 1.82) is 5.26 Å². The van der Waals surface area contributed by atoms with E-state index in [-0.39, 0.29) is 22.2 Å². The van der Waals surface area contributed by atoms with Crippen LogP contribution in [0.2, 0.25) is 0 Å². The van der Waals surface area contributed by atoms with Crippen molar-refractivity contribution >= 4 is 15.6 Å². The molecule has 5 heteroatoms. The maximum Gasteiger partial charge on any atom is 0.166 e. The fraction of sp³-hybridized carbons (Fsp3) is 0.500. The Bertz CT molecular complexity index is 680. The first-order valence-electron chi connectivity index (χ1n) is 7.25. The third kappa shape index (κ3) is 2.49. The average Bonchev–Trinajstić information content (AvgIpc) is 2.67. The Morgan fingerprint density at radius 1 is 1.14 bits per heavy atom. The molecule has 0 N–H and O–H groups in total. The molecule has 2 unspecified atom stereocenters. The van der Waals surface area contributed by atoms with Crippen LogP contribution in [0.25, 0.3) is 0 Å². The van der Waals surface area contributed by atoms with Gasteiger partial charge < -0.3 is 0 Å². The third-order valence-corrected chi connectivity index (χ3v) is 7.44. The van der Waals surface area contributed by atoms with Crippen LogP contribution >= 0.6 is 0 Å². The SMILES string of the molecule is N#CCc1ccc(C(=O)C2CC3CCC(C2)S3(=O)=O)cc1. The van der Waals surface area contributed by atoms with Gasteiger partial charge in [0.15, 0.2) is 15.6 Å². The van der Waals surface area contributed by atoms with Crippen LogP contribution in [0, 0.1) is 17.2 Å². The van der Waals surface area contributed by atoms with Crippen LogP contribution < -0.4 is 0 Å². The molecule has 0 radical (unpaired) electrons. The van der Waals surface area contributed by atoms with Gasteiger partial charge in [-0.15, -0.1) is 0 Å². The molecule has 2 bridgehead atoms. The number of nitriles is 1. The van der Waals surface area contributed by atoms with E-state index >= 15 is 0 Å². The number of rotatable bonds is 3. The highest BCUT2D eigenvalue weighted by atomic mass is 32.2. The number of Topliss-reactive ketones (excluding diaryl/α,β-unsaturated/α-hetero) is 1. The Morgan fingerprint density at radius 2 is 1.71 bits per heavy atom. The molecule has 1 aromatic carbocycles. The largest absolute Gasteiger partial charge is 0.294 e. The van der Waals surface area contributed by atoms with Crippen molar-refractivity contribution in [3.63, 3.8) is 0 Å². The maximum absolute atomic E-state index is 12.5. The molecule has 2 atom stereocenters. The lowest BCUT2D eigenvalue weighted by molar-refractivity contribution is 0.0905. The molecule has 110 valence electrons. The van der Waals surface area contributed by atoms with Crippen molar-refractivity contribution in [2.75, 3.05) is 0 Å². The lowest BCUT2D eigenvalue weighted by Crippen LogP contribution is -2.36. The molecule has 1 aromatic rings. The first-order chi connectivity index (χ1) is 10.0. The van der Waals surface area contributed by atoms with Crippen LogP contribution in [-0.2, 0) is 16.3 Å². The van der Waals surface area contributed by atoms with Crippen LogP contribution in [-0.4, -0.2) is 24.7 Å². The van der Waals surface area contributed by atoms with E-state index in [1.807, 2.05) is 0 Å². The zero-order valence-corrected chi connectivity index (χ0v) is 12.5. The van der Waals surface area contributed by atoms with Gasteiger partial charge in [0.05, 0.1) is 23.0 Å². The average molecular weight is 303 g/mol. The van der Waals surface area contributed by atoms with Crippen molar-refractivity contribution in [3.05, 3.63) is 35.4 Å². The number of carbonyl (C=O) groups excluding carboxylic acids is 1. The number of nitrogens with zero attached hydrogens (tertiary/aromatic N) is 1. The molecule has 2 saturated heterocycles. The Kier molecular flexibility index (Phi) is 3.58. The number of hydrogen-bond donors (Lipinski definition) is 0. The second-order valence-corrected chi connectivity index (χ2v) is 8.49. The molecule has 4 nitrogen and oxygen atoms in total. The van der Waals surface area contributed by atoms with Gasteiger partial charge in [-0.05, 0) is 31.2 Å². The zero-order valence-electron chi connectivity index (χ0n) is 11.7. The van der Waals surface area contributed by atoms with Gasteiger partial charge in [0.2, 0.25) is 0 Å². The van der Waals surface area contributed by atoms with Crippen LogP contribution in [0.15, 0.2) is 24.3 Å². The summed E-state index contributed by atoms with van der Waals surface area (Å²) in [5.41, 5.74) is 1.51. The van der Waals surface area contributed by atoms with E-state index in [9.17, 15) is 13.2 Å². The number of carbonyl (C=O) groups is 1. The van der Waals surface area contributed by atoms with E-state index in [0.29, 0.717) is 37.7 Å². The highest BCUT2D eigenvalue weighted by Gasteiger charge is 2.48. The Hall–Kier alpha value is -1.67. The third-order valence-electron chi connectivity index (χ3n) is 4.73. The molecule has 2 aliphatic heterocycles. The van der Waals surface area contributed by atoms with Gasteiger partial charge in [-0.2, -0.15) is 5.26 Å². The second kappa shape index (κ2) is 5.27. The highest BCUT2D eigenvalue weighted by molar-refractivity contribution is 7.93. The van der Waals surface area contributed by atoms with Crippen molar-refractivity contribution < 1.29 is 13.2 Å². The van der Waals surface area contributed by atoms with Crippen molar-refractivity contribution in [1.82, 2.24) is 0 Å². The number of fused-ring (bicyclic) bond motifs is 2. The Labute approximate surface area is 124 Å². The fourth-order valence-electron chi connectivity index (χ4n) is 3.54. The molecular formula is C16H17NO3S. The van der Waals surface area contributed by atoms with Gasteiger partial charge in [-0.25, -0.2) is 8.42 Å². The van der Waals surface area contributed by atoms with E-state index in [0.717, 1.165) is 5.56 Å². The molecule has 0 aromatic heterocycles. The van der Waals surface area contributed by atoms with E-state index in [1.54, 1.807) is 24.3 Å². The predicted octanol–water partition coefficient (Wildman–Crippen LogP) is 2.29. The van der Waals surface area contributed by atoms with Gasteiger partial charge in [0.25, 0.3) is 0 Å². The van der Waals surface area contributed by atoms with Gasteiger partial charge in [-0.3, -0.25) is 4.79 Å². The minimum atomic E-state index is -2.98. The zero-order chi connectivity index (χ0) is 15.0. The summed E-state index contributed by atoms with van der Waals surface area (Å²) in [6.07, 6.45) is 2.69. The van der Waals surface area contributed by atoms with Crippen molar-refractivity contribution in [2.45, 2.75) is 42.6 Å². The fourth-order valence-corrected chi connectivity index (χ4v) is 6.01. The van der Waals surface area contributed by atoms with Crippen LogP contribution in [0.5, 0.6) is 0 Å². The van der Waals surface area contributed by atoms with Crippen LogP contribution in [0.3, 0.4) is 0 Å². The summed E-state index contributed by atoms with van der Waals surface area (Å²) >= 11 is 0. The minimum absolute atomic E-state index is 0.0466. The second-order valence-electron chi connectivity index (χ2n) is 5.97. The summed E-state index contributed by atoms with van der Waals surface area (Å²) in [7, 11) is -2.98. The Morgan fingerprint density at radius 3 is 2.24 bits per heavy atom. The summed E-state index contributed by atoms with van der Waals surface area (Å²) in [6.45, 7) is 0. The van der Waals surface area contributed by atoms with Gasteiger partial charge in [0.1, 0.15) is 0 Å². The summed E-state index contributed by atoms with van der Waals surface area (Å²) in [5, 5.41) is 8.01. The number of sulfone groups is 1. The van der Waals surface area contributed by atoms with E-state index in [4.69, 9.17) is 5.26 Å². The monoisotopic (exact) mass is 303 g/mol. The summed E-state index contributed by atoms with van der Waals surface area (Å²) in [5.74, 6) is -0.127. The van der Waals surface area contributed by atoms with Gasteiger partial charge >= 0.3 is 0 Å². The van der Waals surface area contributed by atoms with E-state index in [1.165, 1.54) is 0 Å². The molecule has 0 saturated carbocycles. The Balaban J connectivity index is 1.76. The van der Waals surface area contributed by atoms with E-state index < -0.39 is 9.84 Å². The summed E-state index contributed by atoms with van der Waals surface area (Å²) in [4.78, 5) is 12.5. The molecule has 2 fully saturated rings. The van der Waals surface area contributed by atoms with Gasteiger partial charge in [-0.1, -0.05) is 24.3 Å². The first kappa shape index (κ1) is 14.3. The summed E-state index contributed by atoms with van der Waals surface area (Å²) < 4.78 is 24.1. The smallest absolute Gasteiger partial charge is 0.166 e. The summed E-state index contributed by atoms with van der Waals surface area (Å²) in [6, 6.07) is 9.17. The number of ketones is 1. The highest BCUT2D eigenvalue weighted by Crippen LogP contribution is 2.42. The molecule has 0 aliphatic carbocycles. The predicted molar refractivity (Wildman–Crippen MR) is 78.5 cm³/mol. The number of benzene rings is 1. The molecule has 0 amide bonds. The normalized spacial score (nSPS) is 29.8. The topological polar surface area (TPSA) is 75.0 Å². The molecule has 21 heavy (non-hydrogen) atoms. The van der Waals surface area contributed by atoms with Crippen molar-refractivity contribution in [3.8, 4) is 6.07 Å². The lowest BCUT2D eigenvalue weighted by Gasteiger charge is -2.27. The molecule has 2 aliphatic rings. The van der Waals surface area contributed by atoms with E-state index in [2.05, 4.69) is 6.07 Å². The van der Waals surface area contributed by atoms with Crippen molar-refractivity contribution in [2.24, 2.45) is 5.92 Å². The lowest BCUT2D eigenvalue weighted by atomic mass is 9.90.